The van der Waals surface area contributed by atoms with E-state index < -0.39 is 0 Å². The van der Waals surface area contributed by atoms with E-state index in [9.17, 15) is 0 Å². The van der Waals surface area contributed by atoms with Crippen molar-refractivity contribution in [1.82, 2.24) is 4.81 Å². The molecule has 0 heterocycles. The van der Waals surface area contributed by atoms with Gasteiger partial charge in [-0.05, 0) is 26.4 Å². The number of rotatable bonds is 3. The second-order valence-electron chi connectivity index (χ2n) is 2.97. The molecule has 0 aliphatic carbocycles. The molecule has 0 amide bonds. The molecule has 0 saturated carbocycles. The van der Waals surface area contributed by atoms with Gasteiger partial charge in [-0.2, -0.15) is 0 Å². The van der Waals surface area contributed by atoms with Gasteiger partial charge >= 0.3 is 0 Å². The second-order valence-corrected chi connectivity index (χ2v) is 2.97. The van der Waals surface area contributed by atoms with Crippen molar-refractivity contribution in [1.29, 1.82) is 0 Å². The fourth-order valence-electron chi connectivity index (χ4n) is 0.687. The molecular formula is C7H16BN. The van der Waals surface area contributed by atoms with Crippen LogP contribution >= 0.6 is 0 Å². The second kappa shape index (κ2) is 3.73. The van der Waals surface area contributed by atoms with Gasteiger partial charge in [0.25, 0.3) is 0 Å². The molecule has 0 saturated heterocycles. The molecule has 0 aromatic rings. The maximum Gasteiger partial charge on any atom is 0.185 e. The Morgan fingerprint density at radius 2 is 2.22 bits per heavy atom. The highest BCUT2D eigenvalue weighted by Crippen LogP contribution is 2.04. The minimum absolute atomic E-state index is 0.627. The summed E-state index contributed by atoms with van der Waals surface area (Å²) in [6.07, 6.45) is 1.10. The molecular weight excluding hydrogens is 109 g/mol. The summed E-state index contributed by atoms with van der Waals surface area (Å²) in [5.74, 6) is 0. The maximum atomic E-state index is 3.85. The standard InChI is InChI=1S/C7H16BN/c1-6(2)5-7(3)9(4)8/h7H,1,5,8H2,2-4H3. The van der Waals surface area contributed by atoms with Crippen LogP contribution in [0.2, 0.25) is 0 Å². The summed E-state index contributed by atoms with van der Waals surface area (Å²) in [4.78, 5) is 2.20. The Kier molecular flexibility index (Phi) is 3.63. The van der Waals surface area contributed by atoms with E-state index in [0.717, 1.165) is 6.42 Å². The lowest BCUT2D eigenvalue weighted by Gasteiger charge is -2.19. The van der Waals surface area contributed by atoms with Crippen molar-refractivity contribution in [3.05, 3.63) is 12.2 Å². The van der Waals surface area contributed by atoms with Crippen LogP contribution in [0.5, 0.6) is 0 Å². The SMILES string of the molecule is BN(C)C(C)CC(=C)C. The molecule has 1 unspecified atom stereocenters. The van der Waals surface area contributed by atoms with Gasteiger partial charge in [-0.15, -0.1) is 6.58 Å². The van der Waals surface area contributed by atoms with Crippen LogP contribution in [0, 0.1) is 0 Å². The lowest BCUT2D eigenvalue weighted by atomic mass is 10.1. The zero-order valence-corrected chi connectivity index (χ0v) is 6.94. The first-order valence-electron chi connectivity index (χ1n) is 3.35. The predicted molar refractivity (Wildman–Crippen MR) is 45.2 cm³/mol. The van der Waals surface area contributed by atoms with Gasteiger partial charge in [-0.3, -0.25) is 0 Å². The van der Waals surface area contributed by atoms with E-state index in [1.807, 2.05) is 0 Å². The van der Waals surface area contributed by atoms with Crippen molar-refractivity contribution >= 4 is 7.98 Å². The van der Waals surface area contributed by atoms with Crippen LogP contribution in [0.15, 0.2) is 12.2 Å². The first-order valence-corrected chi connectivity index (χ1v) is 3.35. The molecule has 2 heteroatoms. The van der Waals surface area contributed by atoms with Crippen molar-refractivity contribution in [2.45, 2.75) is 26.3 Å². The van der Waals surface area contributed by atoms with Gasteiger partial charge in [-0.1, -0.05) is 12.5 Å². The van der Waals surface area contributed by atoms with Crippen LogP contribution in [-0.4, -0.2) is 25.9 Å². The van der Waals surface area contributed by atoms with Gasteiger partial charge < -0.3 is 4.81 Å². The predicted octanol–water partition coefficient (Wildman–Crippen LogP) is 0.821. The van der Waals surface area contributed by atoms with Gasteiger partial charge in [0.2, 0.25) is 0 Å². The zero-order valence-electron chi connectivity index (χ0n) is 6.94. The fourth-order valence-corrected chi connectivity index (χ4v) is 0.687. The van der Waals surface area contributed by atoms with E-state index in [0.29, 0.717) is 6.04 Å². The summed E-state index contributed by atoms with van der Waals surface area (Å²) >= 11 is 0. The van der Waals surface area contributed by atoms with Crippen LogP contribution in [0.1, 0.15) is 20.3 Å². The molecule has 0 aromatic heterocycles. The molecule has 0 aliphatic heterocycles. The molecule has 1 atom stereocenters. The molecule has 52 valence electrons. The average molecular weight is 125 g/mol. The fraction of sp³-hybridized carbons (Fsp3) is 0.714. The van der Waals surface area contributed by atoms with Gasteiger partial charge in [0.15, 0.2) is 7.98 Å². The highest BCUT2D eigenvalue weighted by Gasteiger charge is 2.02. The van der Waals surface area contributed by atoms with Crippen molar-refractivity contribution < 1.29 is 0 Å². The van der Waals surface area contributed by atoms with E-state index in [4.69, 9.17) is 0 Å². The first kappa shape index (κ1) is 8.76. The molecule has 0 spiro atoms. The van der Waals surface area contributed by atoms with Crippen molar-refractivity contribution in [3.63, 3.8) is 0 Å². The molecule has 0 bridgehead atoms. The van der Waals surface area contributed by atoms with Gasteiger partial charge in [0.05, 0.1) is 0 Å². The normalized spacial score (nSPS) is 13.8. The maximum absolute atomic E-state index is 3.85. The van der Waals surface area contributed by atoms with E-state index in [2.05, 4.69) is 40.3 Å². The van der Waals surface area contributed by atoms with Crippen molar-refractivity contribution in [2.24, 2.45) is 0 Å². The van der Waals surface area contributed by atoms with E-state index in [1.54, 1.807) is 0 Å². The number of hydrogen-bond acceptors (Lipinski definition) is 1. The topological polar surface area (TPSA) is 3.24 Å². The molecule has 0 aliphatic rings. The summed E-state index contributed by atoms with van der Waals surface area (Å²) < 4.78 is 0. The summed E-state index contributed by atoms with van der Waals surface area (Å²) in [5.41, 5.74) is 1.26. The Bertz CT molecular complexity index is 99.1. The highest BCUT2D eigenvalue weighted by atomic mass is 15.0. The minimum atomic E-state index is 0.627. The lowest BCUT2D eigenvalue weighted by molar-refractivity contribution is 0.418. The molecule has 0 aromatic carbocycles. The van der Waals surface area contributed by atoms with Crippen LogP contribution in [0.4, 0.5) is 0 Å². The zero-order chi connectivity index (χ0) is 7.44. The first-order chi connectivity index (χ1) is 4.04. The van der Waals surface area contributed by atoms with Crippen molar-refractivity contribution in [2.75, 3.05) is 7.05 Å². The average Bonchev–Trinajstić information content (AvgIpc) is 1.63. The number of nitrogens with zero attached hydrogens (tertiary/aromatic N) is 1. The van der Waals surface area contributed by atoms with E-state index >= 15 is 0 Å². The highest BCUT2D eigenvalue weighted by molar-refractivity contribution is 6.04. The van der Waals surface area contributed by atoms with E-state index in [-0.39, 0.29) is 0 Å². The molecule has 1 nitrogen and oxygen atoms in total. The summed E-state index contributed by atoms with van der Waals surface area (Å²) in [6, 6.07) is 0.627. The molecule has 0 N–H and O–H groups in total. The lowest BCUT2D eigenvalue weighted by Crippen LogP contribution is -2.25. The Morgan fingerprint density at radius 3 is 2.33 bits per heavy atom. The third-order valence-electron chi connectivity index (χ3n) is 1.53. The largest absolute Gasteiger partial charge is 0.349 e. The Labute approximate surface area is 59.2 Å². The summed E-state index contributed by atoms with van der Waals surface area (Å²) in [6.45, 7) is 8.12. The van der Waals surface area contributed by atoms with Crippen LogP contribution < -0.4 is 0 Å². The third kappa shape index (κ3) is 4.28. The molecule has 0 rings (SSSR count). The smallest absolute Gasteiger partial charge is 0.185 e. The summed E-state index contributed by atoms with van der Waals surface area (Å²) in [7, 11) is 4.18. The van der Waals surface area contributed by atoms with Crippen LogP contribution in [-0.2, 0) is 0 Å². The van der Waals surface area contributed by atoms with Gasteiger partial charge in [0.1, 0.15) is 0 Å². The quantitative estimate of drug-likeness (QED) is 0.398. The molecule has 0 radical (unpaired) electrons. The Balaban J connectivity index is 3.50. The molecule has 9 heavy (non-hydrogen) atoms. The van der Waals surface area contributed by atoms with Gasteiger partial charge in [0, 0.05) is 0 Å². The minimum Gasteiger partial charge on any atom is -0.349 e. The van der Waals surface area contributed by atoms with Crippen LogP contribution in [0.25, 0.3) is 0 Å². The monoisotopic (exact) mass is 125 g/mol. The molecule has 0 fully saturated rings. The Hall–Kier alpha value is -0.235. The number of hydrogen-bond donors (Lipinski definition) is 0. The van der Waals surface area contributed by atoms with Crippen LogP contribution in [0.3, 0.4) is 0 Å². The van der Waals surface area contributed by atoms with E-state index in [1.165, 1.54) is 5.57 Å². The summed E-state index contributed by atoms with van der Waals surface area (Å²) in [5, 5.41) is 0. The van der Waals surface area contributed by atoms with Crippen molar-refractivity contribution in [3.8, 4) is 0 Å². The Morgan fingerprint density at radius 1 is 1.78 bits per heavy atom. The third-order valence-corrected chi connectivity index (χ3v) is 1.53. The van der Waals surface area contributed by atoms with Gasteiger partial charge in [-0.25, -0.2) is 0 Å².